The average Bonchev–Trinajstić information content (AvgIpc) is 3.07. The van der Waals surface area contributed by atoms with Crippen molar-refractivity contribution in [3.05, 3.63) is 34.3 Å². The number of benzene rings is 1. The smallest absolute Gasteiger partial charge is 0.0687 e. The first-order valence-electron chi connectivity index (χ1n) is 7.75. The van der Waals surface area contributed by atoms with Crippen molar-refractivity contribution in [2.75, 3.05) is 6.61 Å². The van der Waals surface area contributed by atoms with Crippen LogP contribution in [0.2, 0.25) is 0 Å². The van der Waals surface area contributed by atoms with Gasteiger partial charge in [0.05, 0.1) is 18.3 Å². The molecule has 2 unspecified atom stereocenters. The standard InChI is InChI=1S/C17H23BrO2/c18-15-5-3-4-13(10-15)14(12-19)11-16-6-9-17(20-16)7-1-2-8-17/h3-5,10,14,16,19H,1-2,6-9,11-12H2. The van der Waals surface area contributed by atoms with Crippen LogP contribution in [-0.4, -0.2) is 23.4 Å². The molecule has 3 rings (SSSR count). The van der Waals surface area contributed by atoms with Crippen molar-refractivity contribution >= 4 is 15.9 Å². The van der Waals surface area contributed by atoms with Crippen molar-refractivity contribution in [2.24, 2.45) is 0 Å². The van der Waals surface area contributed by atoms with Gasteiger partial charge in [0, 0.05) is 10.4 Å². The van der Waals surface area contributed by atoms with Crippen molar-refractivity contribution in [1.82, 2.24) is 0 Å². The lowest BCUT2D eigenvalue weighted by molar-refractivity contribution is -0.0427. The van der Waals surface area contributed by atoms with E-state index in [1.165, 1.54) is 37.7 Å². The molecule has 0 amide bonds. The molecular formula is C17H23BrO2. The summed E-state index contributed by atoms with van der Waals surface area (Å²) in [5.74, 6) is 0.189. The molecule has 0 radical (unpaired) electrons. The van der Waals surface area contributed by atoms with E-state index in [9.17, 15) is 5.11 Å². The molecule has 2 aliphatic rings. The van der Waals surface area contributed by atoms with Crippen LogP contribution in [-0.2, 0) is 4.74 Å². The molecule has 0 bridgehead atoms. The first-order valence-corrected chi connectivity index (χ1v) is 8.54. The third kappa shape index (κ3) is 3.10. The van der Waals surface area contributed by atoms with Gasteiger partial charge in [-0.2, -0.15) is 0 Å². The lowest BCUT2D eigenvalue weighted by atomic mass is 9.92. The fraction of sp³-hybridized carbons (Fsp3) is 0.647. The normalized spacial score (nSPS) is 26.2. The zero-order chi connectivity index (χ0) is 14.0. The predicted octanol–water partition coefficient (Wildman–Crippen LogP) is 4.41. The van der Waals surface area contributed by atoms with Crippen LogP contribution in [0.3, 0.4) is 0 Å². The summed E-state index contributed by atoms with van der Waals surface area (Å²) in [6.45, 7) is 0.198. The van der Waals surface area contributed by atoms with E-state index in [-0.39, 0.29) is 18.1 Å². The first kappa shape index (κ1) is 14.6. The highest BCUT2D eigenvalue weighted by Crippen LogP contribution is 2.45. The molecule has 1 aliphatic heterocycles. The van der Waals surface area contributed by atoms with Crippen molar-refractivity contribution in [2.45, 2.75) is 62.6 Å². The maximum Gasteiger partial charge on any atom is 0.0687 e. The second-order valence-electron chi connectivity index (χ2n) is 6.34. The maximum atomic E-state index is 9.72. The third-order valence-corrected chi connectivity index (χ3v) is 5.43. The molecule has 110 valence electrons. The Morgan fingerprint density at radius 1 is 1.30 bits per heavy atom. The molecule has 1 aromatic carbocycles. The Morgan fingerprint density at radius 2 is 2.10 bits per heavy atom. The molecule has 2 atom stereocenters. The fourth-order valence-electron chi connectivity index (χ4n) is 3.84. The summed E-state index contributed by atoms with van der Waals surface area (Å²) in [6.07, 6.45) is 8.76. The van der Waals surface area contributed by atoms with Crippen LogP contribution in [0.15, 0.2) is 28.7 Å². The lowest BCUT2D eigenvalue weighted by Gasteiger charge is -2.25. The van der Waals surface area contributed by atoms with E-state index in [0.29, 0.717) is 6.10 Å². The van der Waals surface area contributed by atoms with Gasteiger partial charge in [-0.1, -0.05) is 40.9 Å². The van der Waals surface area contributed by atoms with E-state index < -0.39 is 0 Å². The molecule has 1 aromatic rings. The number of hydrogen-bond donors (Lipinski definition) is 1. The van der Waals surface area contributed by atoms with Gasteiger partial charge in [0.1, 0.15) is 0 Å². The zero-order valence-electron chi connectivity index (χ0n) is 11.9. The highest BCUT2D eigenvalue weighted by molar-refractivity contribution is 9.10. The fourth-order valence-corrected chi connectivity index (χ4v) is 4.26. The van der Waals surface area contributed by atoms with Gasteiger partial charge in [-0.15, -0.1) is 0 Å². The van der Waals surface area contributed by atoms with Gasteiger partial charge >= 0.3 is 0 Å². The van der Waals surface area contributed by atoms with Crippen molar-refractivity contribution in [1.29, 1.82) is 0 Å². The van der Waals surface area contributed by atoms with E-state index in [1.807, 2.05) is 12.1 Å². The monoisotopic (exact) mass is 338 g/mol. The molecule has 1 heterocycles. The van der Waals surface area contributed by atoms with Gasteiger partial charge in [-0.3, -0.25) is 0 Å². The van der Waals surface area contributed by atoms with Gasteiger partial charge in [0.15, 0.2) is 0 Å². The predicted molar refractivity (Wildman–Crippen MR) is 83.9 cm³/mol. The van der Waals surface area contributed by atoms with Crippen molar-refractivity contribution in [3.8, 4) is 0 Å². The molecule has 1 saturated heterocycles. The Kier molecular flexibility index (Phi) is 4.49. The largest absolute Gasteiger partial charge is 0.396 e. The molecule has 2 nitrogen and oxygen atoms in total. The van der Waals surface area contributed by atoms with Crippen LogP contribution >= 0.6 is 15.9 Å². The Labute approximate surface area is 129 Å². The number of ether oxygens (including phenoxy) is 1. The Morgan fingerprint density at radius 3 is 2.80 bits per heavy atom. The van der Waals surface area contributed by atoms with Gasteiger partial charge in [-0.05, 0) is 49.8 Å². The first-order chi connectivity index (χ1) is 9.71. The number of aliphatic hydroxyl groups is 1. The van der Waals surface area contributed by atoms with Crippen LogP contribution in [0.5, 0.6) is 0 Å². The molecule has 2 fully saturated rings. The number of hydrogen-bond acceptors (Lipinski definition) is 2. The zero-order valence-corrected chi connectivity index (χ0v) is 13.4. The molecule has 1 spiro atoms. The van der Waals surface area contributed by atoms with Gasteiger partial charge in [-0.25, -0.2) is 0 Å². The van der Waals surface area contributed by atoms with E-state index in [1.54, 1.807) is 0 Å². The molecule has 3 heteroatoms. The number of halogens is 1. The van der Waals surface area contributed by atoms with E-state index in [4.69, 9.17) is 4.74 Å². The third-order valence-electron chi connectivity index (χ3n) is 4.94. The van der Waals surface area contributed by atoms with E-state index >= 15 is 0 Å². The van der Waals surface area contributed by atoms with Crippen LogP contribution in [0, 0.1) is 0 Å². The SMILES string of the molecule is OCC(CC1CCC2(CCCC2)O1)c1cccc(Br)c1. The second-order valence-corrected chi connectivity index (χ2v) is 7.25. The van der Waals surface area contributed by atoms with E-state index in [0.717, 1.165) is 17.3 Å². The highest BCUT2D eigenvalue weighted by Gasteiger charge is 2.42. The highest BCUT2D eigenvalue weighted by atomic mass is 79.9. The summed E-state index contributed by atoms with van der Waals surface area (Å²) in [7, 11) is 0. The summed E-state index contributed by atoms with van der Waals surface area (Å²) in [5, 5.41) is 9.72. The molecule has 0 aromatic heterocycles. The van der Waals surface area contributed by atoms with Gasteiger partial charge in [0.2, 0.25) is 0 Å². The summed E-state index contributed by atoms with van der Waals surface area (Å²) in [4.78, 5) is 0. The molecule has 1 aliphatic carbocycles. The minimum atomic E-state index is 0.189. The summed E-state index contributed by atoms with van der Waals surface area (Å²) >= 11 is 3.51. The van der Waals surface area contributed by atoms with Gasteiger partial charge in [0.25, 0.3) is 0 Å². The molecule has 20 heavy (non-hydrogen) atoms. The second kappa shape index (κ2) is 6.17. The Balaban J connectivity index is 1.64. The van der Waals surface area contributed by atoms with Crippen LogP contribution in [0.4, 0.5) is 0 Å². The summed E-state index contributed by atoms with van der Waals surface area (Å²) in [6, 6.07) is 8.28. The van der Waals surface area contributed by atoms with Crippen molar-refractivity contribution < 1.29 is 9.84 Å². The van der Waals surface area contributed by atoms with Gasteiger partial charge < -0.3 is 9.84 Å². The lowest BCUT2D eigenvalue weighted by Crippen LogP contribution is -2.25. The Hall–Kier alpha value is -0.380. The quantitative estimate of drug-likeness (QED) is 0.881. The van der Waals surface area contributed by atoms with E-state index in [2.05, 4.69) is 28.1 Å². The van der Waals surface area contributed by atoms with Crippen LogP contribution in [0.25, 0.3) is 0 Å². The maximum absolute atomic E-state index is 9.72. The minimum absolute atomic E-state index is 0.189. The van der Waals surface area contributed by atoms with Crippen LogP contribution < -0.4 is 0 Å². The summed E-state index contributed by atoms with van der Waals surface area (Å²) in [5.41, 5.74) is 1.40. The minimum Gasteiger partial charge on any atom is -0.396 e. The molecule has 1 saturated carbocycles. The molecule has 1 N–H and O–H groups in total. The molecular weight excluding hydrogens is 316 g/mol. The topological polar surface area (TPSA) is 29.5 Å². The Bertz CT molecular complexity index is 454. The average molecular weight is 339 g/mol. The van der Waals surface area contributed by atoms with Crippen LogP contribution in [0.1, 0.15) is 56.4 Å². The van der Waals surface area contributed by atoms with Crippen molar-refractivity contribution in [3.63, 3.8) is 0 Å². The number of aliphatic hydroxyl groups excluding tert-OH is 1. The summed E-state index contributed by atoms with van der Waals surface area (Å²) < 4.78 is 7.45. The number of rotatable bonds is 4.